The average molecular weight is 268 g/mol. The van der Waals surface area contributed by atoms with E-state index in [1.165, 1.54) is 4.90 Å². The van der Waals surface area contributed by atoms with Crippen LogP contribution in [0.2, 0.25) is 0 Å². The fourth-order valence-electron chi connectivity index (χ4n) is 2.97. The molecule has 0 aromatic carbocycles. The smallest absolute Gasteiger partial charge is 0.328 e. The standard InChI is InChI=1S/C13H20N2O4/c1-13(5-3-2-4-6-13)12(19)15-8-10(16)14-7-9(15)11(17)18/h9H,2-8H2,1H3,(H,14,16)(H,17,18). The third-order valence-corrected chi connectivity index (χ3v) is 4.20. The number of carboxylic acids is 1. The molecule has 0 aromatic heterocycles. The SMILES string of the molecule is CC1(C(=O)N2CC(=O)NCC2C(=O)O)CCCCC1. The molecule has 1 heterocycles. The van der Waals surface area contributed by atoms with E-state index in [-0.39, 0.29) is 24.9 Å². The third-order valence-electron chi connectivity index (χ3n) is 4.20. The molecule has 2 N–H and O–H groups in total. The van der Waals surface area contributed by atoms with Gasteiger partial charge in [-0.2, -0.15) is 0 Å². The van der Waals surface area contributed by atoms with Crippen LogP contribution in [0.5, 0.6) is 0 Å². The van der Waals surface area contributed by atoms with Crippen LogP contribution in [0.3, 0.4) is 0 Å². The Morgan fingerprint density at radius 3 is 2.53 bits per heavy atom. The molecule has 1 unspecified atom stereocenters. The van der Waals surface area contributed by atoms with Gasteiger partial charge in [-0.25, -0.2) is 4.79 Å². The molecule has 1 saturated carbocycles. The number of rotatable bonds is 2. The largest absolute Gasteiger partial charge is 0.480 e. The van der Waals surface area contributed by atoms with Crippen LogP contribution in [0.1, 0.15) is 39.0 Å². The first kappa shape index (κ1) is 13.8. The van der Waals surface area contributed by atoms with Crippen LogP contribution >= 0.6 is 0 Å². The first-order chi connectivity index (χ1) is 8.94. The molecule has 2 aliphatic rings. The Morgan fingerprint density at radius 1 is 1.32 bits per heavy atom. The van der Waals surface area contributed by atoms with Crippen LogP contribution in [0.25, 0.3) is 0 Å². The normalized spacial score (nSPS) is 26.7. The van der Waals surface area contributed by atoms with Crippen LogP contribution in [0.4, 0.5) is 0 Å². The van der Waals surface area contributed by atoms with Crippen LogP contribution in [-0.4, -0.2) is 46.9 Å². The Labute approximate surface area is 112 Å². The number of hydrogen-bond donors (Lipinski definition) is 2. The van der Waals surface area contributed by atoms with E-state index in [2.05, 4.69) is 5.32 Å². The van der Waals surface area contributed by atoms with E-state index in [1.807, 2.05) is 6.92 Å². The summed E-state index contributed by atoms with van der Waals surface area (Å²) in [6.45, 7) is 1.74. The molecule has 1 atom stereocenters. The van der Waals surface area contributed by atoms with Gasteiger partial charge in [0, 0.05) is 12.0 Å². The fraction of sp³-hybridized carbons (Fsp3) is 0.769. The summed E-state index contributed by atoms with van der Waals surface area (Å²) in [6, 6.07) is -0.941. The lowest BCUT2D eigenvalue weighted by Gasteiger charge is -2.41. The van der Waals surface area contributed by atoms with Gasteiger partial charge >= 0.3 is 5.97 Å². The van der Waals surface area contributed by atoms with Crippen LogP contribution in [0.15, 0.2) is 0 Å². The summed E-state index contributed by atoms with van der Waals surface area (Å²) in [5, 5.41) is 11.7. The molecule has 0 spiro atoms. The van der Waals surface area contributed by atoms with Crippen molar-refractivity contribution in [3.8, 4) is 0 Å². The Kier molecular flexibility index (Phi) is 3.78. The monoisotopic (exact) mass is 268 g/mol. The van der Waals surface area contributed by atoms with E-state index >= 15 is 0 Å². The van der Waals surface area contributed by atoms with Gasteiger partial charge in [0.2, 0.25) is 11.8 Å². The zero-order valence-corrected chi connectivity index (χ0v) is 11.1. The molecule has 1 saturated heterocycles. The van der Waals surface area contributed by atoms with Crippen molar-refractivity contribution >= 4 is 17.8 Å². The Bertz CT molecular complexity index is 401. The second-order valence-corrected chi connectivity index (χ2v) is 5.71. The number of amides is 2. The summed E-state index contributed by atoms with van der Waals surface area (Å²) in [7, 11) is 0. The minimum absolute atomic E-state index is 0.00398. The maximum absolute atomic E-state index is 12.6. The molecule has 2 fully saturated rings. The van der Waals surface area contributed by atoms with Crippen molar-refractivity contribution in [1.82, 2.24) is 10.2 Å². The van der Waals surface area contributed by atoms with Crippen molar-refractivity contribution in [3.63, 3.8) is 0 Å². The summed E-state index contributed by atoms with van der Waals surface area (Å²) in [5.74, 6) is -1.53. The minimum Gasteiger partial charge on any atom is -0.480 e. The second kappa shape index (κ2) is 5.19. The van der Waals surface area contributed by atoms with Gasteiger partial charge < -0.3 is 15.3 Å². The Morgan fingerprint density at radius 2 is 1.95 bits per heavy atom. The number of aliphatic carboxylic acids is 1. The maximum Gasteiger partial charge on any atom is 0.328 e. The van der Waals surface area contributed by atoms with E-state index in [9.17, 15) is 19.5 Å². The molecule has 6 heteroatoms. The number of piperazine rings is 1. The van der Waals surface area contributed by atoms with E-state index in [0.717, 1.165) is 32.1 Å². The van der Waals surface area contributed by atoms with Crippen molar-refractivity contribution < 1.29 is 19.5 Å². The summed E-state index contributed by atoms with van der Waals surface area (Å²) in [5.41, 5.74) is -0.510. The summed E-state index contributed by atoms with van der Waals surface area (Å²) in [6.07, 6.45) is 4.64. The molecule has 0 bridgehead atoms. The molecule has 106 valence electrons. The highest BCUT2D eigenvalue weighted by Gasteiger charge is 2.43. The molecule has 1 aliphatic carbocycles. The van der Waals surface area contributed by atoms with Crippen molar-refractivity contribution in [3.05, 3.63) is 0 Å². The molecule has 2 rings (SSSR count). The number of hydrogen-bond acceptors (Lipinski definition) is 3. The van der Waals surface area contributed by atoms with Crippen LogP contribution in [-0.2, 0) is 14.4 Å². The quantitative estimate of drug-likeness (QED) is 0.757. The highest BCUT2D eigenvalue weighted by atomic mass is 16.4. The van der Waals surface area contributed by atoms with E-state index in [0.29, 0.717) is 0 Å². The van der Waals surface area contributed by atoms with Gasteiger partial charge in [0.05, 0.1) is 0 Å². The molecule has 6 nitrogen and oxygen atoms in total. The highest BCUT2D eigenvalue weighted by Crippen LogP contribution is 2.38. The van der Waals surface area contributed by atoms with Gasteiger partial charge in [0.25, 0.3) is 0 Å². The number of carboxylic acid groups (broad SMARTS) is 1. The molecular weight excluding hydrogens is 248 g/mol. The first-order valence-corrected chi connectivity index (χ1v) is 6.75. The van der Waals surface area contributed by atoms with E-state index < -0.39 is 17.4 Å². The molecule has 0 aromatic rings. The number of carbonyl (C=O) groups is 3. The second-order valence-electron chi connectivity index (χ2n) is 5.71. The predicted molar refractivity (Wildman–Crippen MR) is 67.3 cm³/mol. The van der Waals surface area contributed by atoms with Gasteiger partial charge in [0.15, 0.2) is 0 Å². The minimum atomic E-state index is -1.06. The van der Waals surface area contributed by atoms with Crippen LogP contribution < -0.4 is 5.32 Å². The number of nitrogens with one attached hydrogen (secondary N) is 1. The lowest BCUT2D eigenvalue weighted by atomic mass is 9.74. The molecule has 2 amide bonds. The average Bonchev–Trinajstić information content (AvgIpc) is 2.38. The lowest BCUT2D eigenvalue weighted by Crippen LogP contribution is -2.61. The lowest BCUT2D eigenvalue weighted by molar-refractivity contribution is -0.159. The van der Waals surface area contributed by atoms with Crippen LogP contribution in [0, 0.1) is 5.41 Å². The van der Waals surface area contributed by atoms with Gasteiger partial charge in [-0.3, -0.25) is 9.59 Å². The number of carbonyl (C=O) groups excluding carboxylic acids is 2. The van der Waals surface area contributed by atoms with Gasteiger partial charge in [-0.15, -0.1) is 0 Å². The third kappa shape index (κ3) is 2.72. The summed E-state index contributed by atoms with van der Waals surface area (Å²) < 4.78 is 0. The predicted octanol–water partition coefficient (Wildman–Crippen LogP) is 0.368. The molecule has 0 radical (unpaired) electrons. The van der Waals surface area contributed by atoms with Crippen molar-refractivity contribution in [1.29, 1.82) is 0 Å². The van der Waals surface area contributed by atoms with Crippen molar-refractivity contribution in [2.45, 2.75) is 45.1 Å². The molecule has 19 heavy (non-hydrogen) atoms. The van der Waals surface area contributed by atoms with Gasteiger partial charge in [-0.05, 0) is 12.8 Å². The van der Waals surface area contributed by atoms with E-state index in [1.54, 1.807) is 0 Å². The summed E-state index contributed by atoms with van der Waals surface area (Å²) >= 11 is 0. The van der Waals surface area contributed by atoms with Gasteiger partial charge in [-0.1, -0.05) is 26.2 Å². The Hall–Kier alpha value is -1.59. The zero-order valence-electron chi connectivity index (χ0n) is 11.1. The maximum atomic E-state index is 12.6. The fourth-order valence-corrected chi connectivity index (χ4v) is 2.97. The van der Waals surface area contributed by atoms with Crippen molar-refractivity contribution in [2.75, 3.05) is 13.1 Å². The Balaban J connectivity index is 2.18. The first-order valence-electron chi connectivity index (χ1n) is 6.75. The molecule has 1 aliphatic heterocycles. The van der Waals surface area contributed by atoms with Crippen molar-refractivity contribution in [2.24, 2.45) is 5.41 Å². The number of nitrogens with zero attached hydrogens (tertiary/aromatic N) is 1. The van der Waals surface area contributed by atoms with E-state index in [4.69, 9.17) is 0 Å². The zero-order chi connectivity index (χ0) is 14.0. The highest BCUT2D eigenvalue weighted by molar-refractivity contribution is 5.93. The molecular formula is C13H20N2O4. The van der Waals surface area contributed by atoms with Gasteiger partial charge in [0.1, 0.15) is 12.6 Å². The summed E-state index contributed by atoms with van der Waals surface area (Å²) in [4.78, 5) is 36.5. The topological polar surface area (TPSA) is 86.7 Å².